The zero-order valence-electron chi connectivity index (χ0n) is 16.1. The molecule has 27 heavy (non-hydrogen) atoms. The van der Waals surface area contributed by atoms with Gasteiger partial charge in [0.1, 0.15) is 17.8 Å². The molecule has 7 nitrogen and oxygen atoms in total. The van der Waals surface area contributed by atoms with Crippen LogP contribution in [0.1, 0.15) is 46.5 Å². The fraction of sp³-hybridized carbons (Fsp3) is 0.800. The van der Waals surface area contributed by atoms with Crippen LogP contribution in [0.4, 0.5) is 0 Å². The van der Waals surface area contributed by atoms with E-state index in [0.29, 0.717) is 24.3 Å². The van der Waals surface area contributed by atoms with Gasteiger partial charge < -0.3 is 24.1 Å². The average Bonchev–Trinajstić information content (AvgIpc) is 3.45. The van der Waals surface area contributed by atoms with Gasteiger partial charge in [0, 0.05) is 12.0 Å². The third-order valence-corrected chi connectivity index (χ3v) is 6.81. The summed E-state index contributed by atoms with van der Waals surface area (Å²) in [5.41, 5.74) is -1.36. The molecule has 0 amide bonds. The van der Waals surface area contributed by atoms with Gasteiger partial charge in [-0.2, -0.15) is 0 Å². The van der Waals surface area contributed by atoms with E-state index in [1.165, 1.54) is 0 Å². The van der Waals surface area contributed by atoms with Gasteiger partial charge in [-0.15, -0.1) is 0 Å². The Morgan fingerprint density at radius 3 is 2.67 bits per heavy atom. The third kappa shape index (κ3) is 3.09. The highest BCUT2D eigenvalue weighted by Crippen LogP contribution is 2.49. The van der Waals surface area contributed by atoms with Crippen LogP contribution in [0.2, 0.25) is 0 Å². The van der Waals surface area contributed by atoms with E-state index in [0.717, 1.165) is 12.8 Å². The molecule has 3 saturated heterocycles. The van der Waals surface area contributed by atoms with Gasteiger partial charge in [-0.3, -0.25) is 0 Å². The maximum absolute atomic E-state index is 12.7. The van der Waals surface area contributed by atoms with E-state index in [4.69, 9.17) is 18.9 Å². The van der Waals surface area contributed by atoms with Crippen molar-refractivity contribution in [3.8, 4) is 0 Å². The summed E-state index contributed by atoms with van der Waals surface area (Å²) >= 11 is 0. The Hall–Kier alpha value is -1.44. The zero-order chi connectivity index (χ0) is 19.6. The SMILES string of the molecule is C=C1C(=O)O[C@@H]2C[C@@H](C)CC[C@H]3O[C@]3(CO)CC(OC(=O)C3(C)OC3C)[C@@H]12. The van der Waals surface area contributed by atoms with Crippen molar-refractivity contribution < 1.29 is 33.6 Å². The van der Waals surface area contributed by atoms with Gasteiger partial charge in [0.15, 0.2) is 5.60 Å². The quantitative estimate of drug-likeness (QED) is 0.450. The fourth-order valence-electron chi connectivity index (χ4n) is 4.59. The number of esters is 2. The van der Waals surface area contributed by atoms with E-state index < -0.39 is 35.2 Å². The lowest BCUT2D eigenvalue weighted by molar-refractivity contribution is -0.160. The van der Waals surface area contributed by atoms with Crippen LogP contribution in [0.3, 0.4) is 0 Å². The monoisotopic (exact) mass is 380 g/mol. The Balaban J connectivity index is 1.63. The molecule has 0 spiro atoms. The Bertz CT molecular complexity index is 675. The molecule has 4 rings (SSSR count). The number of carbonyl (C=O) groups is 2. The summed E-state index contributed by atoms with van der Waals surface area (Å²) in [5.74, 6) is -1.02. The van der Waals surface area contributed by atoms with E-state index in [1.807, 2.05) is 6.92 Å². The Labute approximate surface area is 159 Å². The van der Waals surface area contributed by atoms with E-state index >= 15 is 0 Å². The van der Waals surface area contributed by atoms with E-state index in [1.54, 1.807) is 6.92 Å². The highest BCUT2D eigenvalue weighted by atomic mass is 16.7. The van der Waals surface area contributed by atoms with Crippen LogP contribution in [0.5, 0.6) is 0 Å². The number of fused-ring (bicyclic) bond motifs is 2. The maximum Gasteiger partial charge on any atom is 0.341 e. The van der Waals surface area contributed by atoms with Crippen molar-refractivity contribution in [1.82, 2.24) is 0 Å². The van der Waals surface area contributed by atoms with Crippen LogP contribution < -0.4 is 0 Å². The zero-order valence-corrected chi connectivity index (χ0v) is 16.1. The smallest absolute Gasteiger partial charge is 0.341 e. The second kappa shape index (κ2) is 6.29. The molecule has 0 aromatic carbocycles. The fourth-order valence-corrected chi connectivity index (χ4v) is 4.59. The van der Waals surface area contributed by atoms with Gasteiger partial charge in [-0.05, 0) is 39.0 Å². The Morgan fingerprint density at radius 1 is 1.33 bits per heavy atom. The molecule has 1 aliphatic carbocycles. The standard InChI is InChI=1S/C20H28O7/c1-10-5-6-15-20(9-21,27-15)8-14(25-18(23)19(4)12(3)26-19)16-11(2)17(22)24-13(16)7-10/h10,12-16,21H,2,5-9H2,1,3-4H3/t10-,12?,13+,14?,15+,16-,19?,20-/m0/s1. The van der Waals surface area contributed by atoms with E-state index in [-0.39, 0.29) is 24.9 Å². The van der Waals surface area contributed by atoms with E-state index in [9.17, 15) is 14.7 Å². The highest BCUT2D eigenvalue weighted by molar-refractivity contribution is 5.91. The third-order valence-electron chi connectivity index (χ3n) is 6.81. The molecular weight excluding hydrogens is 352 g/mol. The summed E-state index contributed by atoms with van der Waals surface area (Å²) in [4.78, 5) is 24.9. The maximum atomic E-state index is 12.7. The summed E-state index contributed by atoms with van der Waals surface area (Å²) in [6.07, 6.45) is 1.45. The van der Waals surface area contributed by atoms with Crippen molar-refractivity contribution in [1.29, 1.82) is 0 Å². The van der Waals surface area contributed by atoms with Crippen LogP contribution in [0.25, 0.3) is 0 Å². The minimum atomic E-state index is -0.959. The Kier molecular flexibility index (Phi) is 4.40. The lowest BCUT2D eigenvalue weighted by Crippen LogP contribution is -2.42. The summed E-state index contributed by atoms with van der Waals surface area (Å²) in [6.45, 7) is 9.38. The van der Waals surface area contributed by atoms with Crippen LogP contribution in [-0.2, 0) is 28.5 Å². The first-order chi connectivity index (χ1) is 12.7. The van der Waals surface area contributed by atoms with Gasteiger partial charge >= 0.3 is 11.9 Å². The van der Waals surface area contributed by atoms with Crippen molar-refractivity contribution >= 4 is 11.9 Å². The molecule has 3 unspecified atom stereocenters. The van der Waals surface area contributed by atoms with Crippen LogP contribution >= 0.6 is 0 Å². The minimum absolute atomic E-state index is 0.0549. The number of epoxide rings is 2. The summed E-state index contributed by atoms with van der Waals surface area (Å²) < 4.78 is 22.7. The average molecular weight is 380 g/mol. The van der Waals surface area contributed by atoms with Crippen LogP contribution in [0.15, 0.2) is 12.2 Å². The molecule has 3 aliphatic heterocycles. The second-order valence-electron chi connectivity index (χ2n) is 8.76. The molecule has 1 N–H and O–H groups in total. The van der Waals surface area contributed by atoms with Crippen molar-refractivity contribution in [2.45, 2.75) is 82.1 Å². The molecule has 0 aromatic rings. The number of aliphatic hydroxyl groups excluding tert-OH is 1. The summed E-state index contributed by atoms with van der Waals surface area (Å²) in [6, 6.07) is 0. The van der Waals surface area contributed by atoms with E-state index in [2.05, 4.69) is 13.5 Å². The molecule has 7 heteroatoms. The number of hydrogen-bond donors (Lipinski definition) is 1. The molecule has 3 heterocycles. The van der Waals surface area contributed by atoms with Gasteiger partial charge in [0.05, 0.1) is 24.7 Å². The van der Waals surface area contributed by atoms with Gasteiger partial charge in [-0.25, -0.2) is 9.59 Å². The molecule has 1 saturated carbocycles. The van der Waals surface area contributed by atoms with Gasteiger partial charge in [0.2, 0.25) is 0 Å². The molecule has 4 aliphatic rings. The normalized spacial score (nSPS) is 48.9. The first-order valence-corrected chi connectivity index (χ1v) is 9.77. The van der Waals surface area contributed by atoms with Crippen molar-refractivity contribution in [3.05, 3.63) is 12.2 Å². The molecule has 8 atom stereocenters. The highest BCUT2D eigenvalue weighted by Gasteiger charge is 2.62. The number of carbonyl (C=O) groups excluding carboxylic acids is 2. The predicted octanol–water partition coefficient (Wildman–Crippen LogP) is 1.51. The minimum Gasteiger partial charge on any atom is -0.459 e. The van der Waals surface area contributed by atoms with Crippen molar-refractivity contribution in [2.75, 3.05) is 6.61 Å². The molecule has 4 fully saturated rings. The lowest BCUT2D eigenvalue weighted by atomic mass is 9.79. The molecular formula is C20H28O7. The van der Waals surface area contributed by atoms with Gasteiger partial charge in [-0.1, -0.05) is 13.5 Å². The largest absolute Gasteiger partial charge is 0.459 e. The van der Waals surface area contributed by atoms with Crippen molar-refractivity contribution in [2.24, 2.45) is 11.8 Å². The van der Waals surface area contributed by atoms with Gasteiger partial charge in [0.25, 0.3) is 0 Å². The van der Waals surface area contributed by atoms with Crippen LogP contribution in [0, 0.1) is 11.8 Å². The first-order valence-electron chi connectivity index (χ1n) is 9.77. The predicted molar refractivity (Wildman–Crippen MR) is 93.7 cm³/mol. The molecule has 0 aromatic heterocycles. The summed E-state index contributed by atoms with van der Waals surface area (Å²) in [7, 11) is 0. The lowest BCUT2D eigenvalue weighted by Gasteiger charge is -2.31. The summed E-state index contributed by atoms with van der Waals surface area (Å²) in [5, 5.41) is 9.95. The number of hydrogen-bond acceptors (Lipinski definition) is 7. The Morgan fingerprint density at radius 2 is 2.04 bits per heavy atom. The van der Waals surface area contributed by atoms with Crippen molar-refractivity contribution in [3.63, 3.8) is 0 Å². The molecule has 0 bridgehead atoms. The number of rotatable bonds is 3. The first kappa shape index (κ1) is 18.9. The topological polar surface area (TPSA) is 97.9 Å². The molecule has 0 radical (unpaired) electrons. The number of aliphatic hydroxyl groups is 1. The van der Waals surface area contributed by atoms with Crippen LogP contribution in [-0.4, -0.2) is 59.3 Å². The number of ether oxygens (including phenoxy) is 4. The molecule has 150 valence electrons. The second-order valence-corrected chi connectivity index (χ2v) is 8.76.